The third-order valence-corrected chi connectivity index (χ3v) is 5.66. The van der Waals surface area contributed by atoms with E-state index in [0.29, 0.717) is 0 Å². The Balaban J connectivity index is 2.05. The lowest BCUT2D eigenvalue weighted by molar-refractivity contribution is -0.384. The molecule has 0 aliphatic rings. The van der Waals surface area contributed by atoms with Gasteiger partial charge in [-0.05, 0) is 37.3 Å². The lowest BCUT2D eigenvalue weighted by Gasteiger charge is -2.15. The third kappa shape index (κ3) is 5.36. The summed E-state index contributed by atoms with van der Waals surface area (Å²) in [5.41, 5.74) is 0.0883. The van der Waals surface area contributed by atoms with Crippen molar-refractivity contribution in [2.75, 3.05) is 19.4 Å². The van der Waals surface area contributed by atoms with Gasteiger partial charge in [0.25, 0.3) is 11.6 Å². The number of nitrogens with one attached hydrogen (secondary N) is 1. The van der Waals surface area contributed by atoms with Crippen LogP contribution in [0.5, 0.6) is 0 Å². The van der Waals surface area contributed by atoms with Crippen LogP contribution in [-0.4, -0.2) is 49.7 Å². The quantitative estimate of drug-likeness (QED) is 0.410. The summed E-state index contributed by atoms with van der Waals surface area (Å²) in [5.74, 6) is -1.49. The largest absolute Gasteiger partial charge is 0.449 e. The molecule has 1 N–H and O–H groups in total. The van der Waals surface area contributed by atoms with Gasteiger partial charge in [0.05, 0.1) is 15.4 Å². The highest BCUT2D eigenvalue weighted by Gasteiger charge is 2.21. The van der Waals surface area contributed by atoms with E-state index in [1.54, 1.807) is 0 Å². The number of nitrogens with zero attached hydrogens (tertiary/aromatic N) is 2. The van der Waals surface area contributed by atoms with E-state index in [1.165, 1.54) is 57.4 Å². The summed E-state index contributed by atoms with van der Waals surface area (Å²) in [6.45, 7) is 1.35. The number of ether oxygens (including phenoxy) is 1. The van der Waals surface area contributed by atoms with Gasteiger partial charge in [-0.15, -0.1) is 0 Å². The summed E-state index contributed by atoms with van der Waals surface area (Å²) in [7, 11) is -0.893. The Morgan fingerprint density at radius 3 is 2.31 bits per heavy atom. The first-order valence-corrected chi connectivity index (χ1v) is 9.75. The highest BCUT2D eigenvalue weighted by molar-refractivity contribution is 7.89. The Labute approximate surface area is 167 Å². The van der Waals surface area contributed by atoms with Gasteiger partial charge < -0.3 is 10.1 Å². The van der Waals surface area contributed by atoms with E-state index in [1.807, 2.05) is 0 Å². The van der Waals surface area contributed by atoms with Crippen molar-refractivity contribution < 1.29 is 27.7 Å². The molecule has 0 fully saturated rings. The maximum Gasteiger partial charge on any atom is 0.338 e. The van der Waals surface area contributed by atoms with Crippen LogP contribution in [0.2, 0.25) is 0 Å². The van der Waals surface area contributed by atoms with Gasteiger partial charge in [0.2, 0.25) is 10.0 Å². The number of hydrogen-bond donors (Lipinski definition) is 1. The number of hydrogen-bond acceptors (Lipinski definition) is 7. The normalized spacial score (nSPS) is 12.3. The van der Waals surface area contributed by atoms with Crippen molar-refractivity contribution in [2.45, 2.75) is 17.9 Å². The number of nitro benzene ring substituents is 1. The first kappa shape index (κ1) is 22.0. The van der Waals surface area contributed by atoms with Crippen LogP contribution in [0, 0.1) is 10.1 Å². The van der Waals surface area contributed by atoms with Crippen molar-refractivity contribution in [1.29, 1.82) is 0 Å². The molecule has 1 amide bonds. The molecule has 0 radical (unpaired) electrons. The number of carbonyl (C=O) groups excluding carboxylic acids is 2. The summed E-state index contributed by atoms with van der Waals surface area (Å²) >= 11 is 0. The minimum absolute atomic E-state index is 0.00386. The fourth-order valence-electron chi connectivity index (χ4n) is 2.19. The predicted octanol–water partition coefficient (Wildman–Crippen LogP) is 2.03. The summed E-state index contributed by atoms with van der Waals surface area (Å²) in [4.78, 5) is 34.4. The molecule has 2 rings (SSSR count). The van der Waals surface area contributed by atoms with Gasteiger partial charge in [-0.3, -0.25) is 14.9 Å². The predicted molar refractivity (Wildman–Crippen MR) is 104 cm³/mol. The van der Waals surface area contributed by atoms with E-state index >= 15 is 0 Å². The molecule has 0 saturated carbocycles. The second-order valence-electron chi connectivity index (χ2n) is 6.16. The van der Waals surface area contributed by atoms with Gasteiger partial charge in [0.1, 0.15) is 0 Å². The van der Waals surface area contributed by atoms with E-state index in [9.17, 15) is 28.1 Å². The van der Waals surface area contributed by atoms with Crippen LogP contribution in [0.3, 0.4) is 0 Å². The van der Waals surface area contributed by atoms with Crippen molar-refractivity contribution in [2.24, 2.45) is 0 Å². The SMILES string of the molecule is C[C@@H](OC(=O)c1ccc([N+](=O)[O-])cc1)C(=O)Nc1cccc(S(=O)(=O)N(C)C)c1. The van der Waals surface area contributed by atoms with Crippen molar-refractivity contribution in [1.82, 2.24) is 4.31 Å². The van der Waals surface area contributed by atoms with E-state index in [4.69, 9.17) is 4.74 Å². The fraction of sp³-hybridized carbons (Fsp3) is 0.222. The molecule has 1 atom stereocenters. The molecule has 29 heavy (non-hydrogen) atoms. The van der Waals surface area contributed by atoms with Crippen molar-refractivity contribution >= 4 is 33.3 Å². The van der Waals surface area contributed by atoms with Gasteiger partial charge in [0.15, 0.2) is 6.10 Å². The molecule has 0 unspecified atom stereocenters. The first-order chi connectivity index (χ1) is 13.5. The van der Waals surface area contributed by atoms with Crippen LogP contribution in [0.1, 0.15) is 17.3 Å². The van der Waals surface area contributed by atoms with Crippen molar-refractivity contribution in [3.05, 3.63) is 64.2 Å². The molecule has 0 aromatic heterocycles. The third-order valence-electron chi connectivity index (χ3n) is 3.85. The molecule has 10 nitrogen and oxygen atoms in total. The van der Waals surface area contributed by atoms with E-state index in [2.05, 4.69) is 5.32 Å². The van der Waals surface area contributed by atoms with Crippen molar-refractivity contribution in [3.8, 4) is 0 Å². The van der Waals surface area contributed by atoms with Crippen LogP contribution < -0.4 is 5.32 Å². The molecule has 2 aromatic carbocycles. The van der Waals surface area contributed by atoms with E-state index in [0.717, 1.165) is 16.4 Å². The average Bonchev–Trinajstić information content (AvgIpc) is 2.67. The number of nitro groups is 1. The number of benzene rings is 2. The zero-order valence-electron chi connectivity index (χ0n) is 15.9. The number of sulfonamides is 1. The lowest BCUT2D eigenvalue weighted by atomic mass is 10.2. The zero-order chi connectivity index (χ0) is 21.8. The molecule has 0 saturated heterocycles. The van der Waals surface area contributed by atoms with Crippen LogP contribution >= 0.6 is 0 Å². The molecular formula is C18H19N3O7S. The van der Waals surface area contributed by atoms with Crippen LogP contribution in [0.4, 0.5) is 11.4 Å². The summed E-state index contributed by atoms with van der Waals surface area (Å²) in [6, 6.07) is 10.4. The molecule has 0 bridgehead atoms. The number of rotatable bonds is 7. The number of anilines is 1. The Morgan fingerprint density at radius 1 is 1.14 bits per heavy atom. The van der Waals surface area contributed by atoms with E-state index in [-0.39, 0.29) is 21.8 Å². The number of non-ortho nitro benzene ring substituents is 1. The van der Waals surface area contributed by atoms with E-state index < -0.39 is 32.9 Å². The van der Waals surface area contributed by atoms with Crippen LogP contribution in [0.15, 0.2) is 53.4 Å². The Hall–Kier alpha value is -3.31. The lowest BCUT2D eigenvalue weighted by Crippen LogP contribution is -2.30. The highest BCUT2D eigenvalue weighted by Crippen LogP contribution is 2.19. The van der Waals surface area contributed by atoms with Gasteiger partial charge in [-0.2, -0.15) is 0 Å². The van der Waals surface area contributed by atoms with Crippen LogP contribution in [0.25, 0.3) is 0 Å². The van der Waals surface area contributed by atoms with Gasteiger partial charge in [0, 0.05) is 31.9 Å². The molecule has 154 valence electrons. The van der Waals surface area contributed by atoms with Crippen LogP contribution in [-0.2, 0) is 19.6 Å². The molecule has 11 heteroatoms. The molecule has 0 heterocycles. The number of amides is 1. The van der Waals surface area contributed by atoms with Gasteiger partial charge in [-0.1, -0.05) is 6.07 Å². The molecule has 0 aliphatic heterocycles. The maximum atomic E-state index is 12.3. The summed E-state index contributed by atoms with van der Waals surface area (Å²) < 4.78 is 30.5. The van der Waals surface area contributed by atoms with Gasteiger partial charge >= 0.3 is 5.97 Å². The minimum Gasteiger partial charge on any atom is -0.449 e. The molecule has 0 spiro atoms. The molecule has 0 aliphatic carbocycles. The summed E-state index contributed by atoms with van der Waals surface area (Å²) in [6.07, 6.45) is -1.19. The minimum atomic E-state index is -3.67. The second-order valence-corrected chi connectivity index (χ2v) is 8.31. The Bertz CT molecular complexity index is 1030. The topological polar surface area (TPSA) is 136 Å². The zero-order valence-corrected chi connectivity index (χ0v) is 16.7. The van der Waals surface area contributed by atoms with Gasteiger partial charge in [-0.25, -0.2) is 17.5 Å². The smallest absolute Gasteiger partial charge is 0.338 e. The maximum absolute atomic E-state index is 12.3. The Kier molecular flexibility index (Phi) is 6.67. The number of carbonyl (C=O) groups is 2. The fourth-order valence-corrected chi connectivity index (χ4v) is 3.14. The highest BCUT2D eigenvalue weighted by atomic mass is 32.2. The Morgan fingerprint density at radius 2 is 1.76 bits per heavy atom. The molecule has 2 aromatic rings. The second kappa shape index (κ2) is 8.80. The van der Waals surface area contributed by atoms with Crippen molar-refractivity contribution in [3.63, 3.8) is 0 Å². The monoisotopic (exact) mass is 421 g/mol. The summed E-state index contributed by atoms with van der Waals surface area (Å²) in [5, 5.41) is 13.1. The molecular weight excluding hydrogens is 402 g/mol. The average molecular weight is 421 g/mol. The number of esters is 1. The first-order valence-electron chi connectivity index (χ1n) is 8.31. The standard InChI is InChI=1S/C18H19N3O7S/c1-12(28-18(23)13-7-9-15(10-8-13)21(24)25)17(22)19-14-5-4-6-16(11-14)29(26,27)20(2)3/h4-12H,1-3H3,(H,19,22)/t12-/m1/s1.